The van der Waals surface area contributed by atoms with E-state index in [9.17, 15) is 18.0 Å². The third kappa shape index (κ3) is 6.03. The summed E-state index contributed by atoms with van der Waals surface area (Å²) in [5.74, 6) is 0.581. The van der Waals surface area contributed by atoms with Crippen LogP contribution >= 0.6 is 0 Å². The SMILES string of the molecule is O=C(NCCOc1cccc(C(F)(F)F)c1)C1CCCN(c2cc(-c3ccccc3)ncn2)C1. The molecule has 2 heterocycles. The fourth-order valence-electron chi connectivity index (χ4n) is 3.94. The van der Waals surface area contributed by atoms with Gasteiger partial charge in [0.15, 0.2) is 0 Å². The Bertz CT molecular complexity index is 1110. The number of piperidine rings is 1. The Hall–Kier alpha value is -3.62. The van der Waals surface area contributed by atoms with E-state index in [0.717, 1.165) is 48.6 Å². The Balaban J connectivity index is 1.29. The van der Waals surface area contributed by atoms with Crippen LogP contribution in [0, 0.1) is 5.92 Å². The minimum Gasteiger partial charge on any atom is -0.492 e. The van der Waals surface area contributed by atoms with Crippen LogP contribution in [0.4, 0.5) is 19.0 Å². The van der Waals surface area contributed by atoms with Gasteiger partial charge < -0.3 is 15.0 Å². The Morgan fingerprint density at radius 2 is 1.91 bits per heavy atom. The van der Waals surface area contributed by atoms with Crippen LogP contribution in [0.3, 0.4) is 0 Å². The lowest BCUT2D eigenvalue weighted by atomic mass is 9.97. The van der Waals surface area contributed by atoms with Gasteiger partial charge in [0.25, 0.3) is 0 Å². The molecule has 0 aliphatic carbocycles. The molecule has 1 N–H and O–H groups in total. The molecule has 1 fully saturated rings. The second-order valence-electron chi connectivity index (χ2n) is 8.08. The van der Waals surface area contributed by atoms with Crippen molar-refractivity contribution in [2.75, 3.05) is 31.1 Å². The van der Waals surface area contributed by atoms with Gasteiger partial charge >= 0.3 is 6.18 Å². The molecule has 1 saturated heterocycles. The van der Waals surface area contributed by atoms with Gasteiger partial charge in [0.2, 0.25) is 5.91 Å². The van der Waals surface area contributed by atoms with E-state index in [1.165, 1.54) is 18.5 Å². The number of anilines is 1. The highest BCUT2D eigenvalue weighted by Gasteiger charge is 2.30. The number of carbonyl (C=O) groups excluding carboxylic acids is 1. The average Bonchev–Trinajstić information content (AvgIpc) is 2.87. The second-order valence-corrected chi connectivity index (χ2v) is 8.08. The Kier molecular flexibility index (Phi) is 7.30. The lowest BCUT2D eigenvalue weighted by Crippen LogP contribution is -2.44. The lowest BCUT2D eigenvalue weighted by molar-refractivity contribution is -0.137. The number of aromatic nitrogens is 2. The zero-order valence-corrected chi connectivity index (χ0v) is 18.5. The fraction of sp³-hybridized carbons (Fsp3) is 0.320. The number of hydrogen-bond acceptors (Lipinski definition) is 5. The number of hydrogen-bond donors (Lipinski definition) is 1. The standard InChI is InChI=1S/C25H25F3N4O2/c26-25(27,28)20-9-4-10-21(14-20)34-13-11-29-24(33)19-8-5-12-32(16-19)23-15-22(30-17-31-23)18-6-2-1-3-7-18/h1-4,6-7,9-10,14-15,17,19H,5,8,11-13,16H2,(H,29,33). The van der Waals surface area contributed by atoms with Gasteiger partial charge in [-0.1, -0.05) is 36.4 Å². The third-order valence-electron chi connectivity index (χ3n) is 5.67. The highest BCUT2D eigenvalue weighted by atomic mass is 19.4. The van der Waals surface area contributed by atoms with Gasteiger partial charge in [-0.05, 0) is 31.0 Å². The van der Waals surface area contributed by atoms with Crippen molar-refractivity contribution < 1.29 is 22.7 Å². The first-order chi connectivity index (χ1) is 16.4. The van der Waals surface area contributed by atoms with E-state index < -0.39 is 11.7 Å². The molecule has 0 spiro atoms. The van der Waals surface area contributed by atoms with Crippen molar-refractivity contribution in [1.82, 2.24) is 15.3 Å². The number of halogens is 3. The summed E-state index contributed by atoms with van der Waals surface area (Å²) in [6, 6.07) is 16.5. The van der Waals surface area contributed by atoms with Gasteiger partial charge in [-0.15, -0.1) is 0 Å². The summed E-state index contributed by atoms with van der Waals surface area (Å²) in [6.07, 6.45) is -1.28. The van der Waals surface area contributed by atoms with E-state index in [1.54, 1.807) is 0 Å². The topological polar surface area (TPSA) is 67.3 Å². The first-order valence-corrected chi connectivity index (χ1v) is 11.1. The maximum atomic E-state index is 12.8. The Morgan fingerprint density at radius 3 is 2.71 bits per heavy atom. The van der Waals surface area contributed by atoms with Crippen molar-refractivity contribution in [2.45, 2.75) is 19.0 Å². The Morgan fingerprint density at radius 1 is 1.09 bits per heavy atom. The molecule has 0 radical (unpaired) electrons. The first-order valence-electron chi connectivity index (χ1n) is 11.1. The molecule has 1 aliphatic heterocycles. The molecular formula is C25H25F3N4O2. The maximum absolute atomic E-state index is 12.8. The largest absolute Gasteiger partial charge is 0.492 e. The quantitative estimate of drug-likeness (QED) is 0.513. The number of nitrogens with zero attached hydrogens (tertiary/aromatic N) is 3. The molecule has 4 rings (SSSR count). The molecule has 1 unspecified atom stereocenters. The Labute approximate surface area is 195 Å². The van der Waals surface area contributed by atoms with E-state index in [2.05, 4.69) is 20.2 Å². The predicted molar refractivity (Wildman–Crippen MR) is 122 cm³/mol. The number of carbonyl (C=O) groups is 1. The first kappa shape index (κ1) is 23.5. The summed E-state index contributed by atoms with van der Waals surface area (Å²) in [5.41, 5.74) is 1.05. The molecular weight excluding hydrogens is 445 g/mol. The van der Waals surface area contributed by atoms with Crippen LogP contribution in [0.1, 0.15) is 18.4 Å². The molecule has 0 saturated carbocycles. The van der Waals surface area contributed by atoms with Crippen molar-refractivity contribution in [2.24, 2.45) is 5.92 Å². The van der Waals surface area contributed by atoms with Gasteiger partial charge in [0, 0.05) is 24.7 Å². The summed E-state index contributed by atoms with van der Waals surface area (Å²) < 4.78 is 43.8. The normalized spacial score (nSPS) is 16.2. The summed E-state index contributed by atoms with van der Waals surface area (Å²) in [7, 11) is 0. The number of rotatable bonds is 7. The molecule has 1 aliphatic rings. The molecule has 178 valence electrons. The number of nitrogens with one attached hydrogen (secondary N) is 1. The molecule has 0 bridgehead atoms. The molecule has 1 aromatic heterocycles. The average molecular weight is 470 g/mol. The van der Waals surface area contributed by atoms with Gasteiger partial charge in [0.1, 0.15) is 24.5 Å². The lowest BCUT2D eigenvalue weighted by Gasteiger charge is -2.33. The number of benzene rings is 2. The number of alkyl halides is 3. The third-order valence-corrected chi connectivity index (χ3v) is 5.67. The minimum atomic E-state index is -4.42. The van der Waals surface area contributed by atoms with Crippen LogP contribution in [0.15, 0.2) is 67.0 Å². The molecule has 34 heavy (non-hydrogen) atoms. The molecule has 2 aromatic carbocycles. The zero-order valence-electron chi connectivity index (χ0n) is 18.5. The van der Waals surface area contributed by atoms with Crippen molar-refractivity contribution >= 4 is 11.7 Å². The molecule has 3 aromatic rings. The highest BCUT2D eigenvalue weighted by Crippen LogP contribution is 2.31. The van der Waals surface area contributed by atoms with Crippen molar-refractivity contribution in [1.29, 1.82) is 0 Å². The minimum absolute atomic E-state index is 0.0792. The molecule has 9 heteroatoms. The van der Waals surface area contributed by atoms with Crippen LogP contribution in [-0.2, 0) is 11.0 Å². The molecule has 6 nitrogen and oxygen atoms in total. The second kappa shape index (κ2) is 10.5. The maximum Gasteiger partial charge on any atom is 0.416 e. The summed E-state index contributed by atoms with van der Waals surface area (Å²) >= 11 is 0. The number of ether oxygens (including phenoxy) is 1. The van der Waals surface area contributed by atoms with Crippen LogP contribution in [0.5, 0.6) is 5.75 Å². The predicted octanol–water partition coefficient (Wildman–Crippen LogP) is 4.57. The van der Waals surface area contributed by atoms with Gasteiger partial charge in [-0.2, -0.15) is 13.2 Å². The van der Waals surface area contributed by atoms with E-state index in [0.29, 0.717) is 6.54 Å². The summed E-state index contributed by atoms with van der Waals surface area (Å²) in [5, 5.41) is 2.83. The van der Waals surface area contributed by atoms with Crippen molar-refractivity contribution in [3.63, 3.8) is 0 Å². The monoisotopic (exact) mass is 470 g/mol. The zero-order chi connectivity index (χ0) is 24.0. The fourth-order valence-corrected chi connectivity index (χ4v) is 3.94. The van der Waals surface area contributed by atoms with Crippen LogP contribution in [0.2, 0.25) is 0 Å². The molecule has 1 amide bonds. The van der Waals surface area contributed by atoms with Crippen molar-refractivity contribution in [3.8, 4) is 17.0 Å². The number of amides is 1. The summed E-state index contributed by atoms with van der Waals surface area (Å²) in [6.45, 7) is 1.62. The van der Waals surface area contributed by atoms with Gasteiger partial charge in [0.05, 0.1) is 23.7 Å². The van der Waals surface area contributed by atoms with Crippen LogP contribution in [0.25, 0.3) is 11.3 Å². The van der Waals surface area contributed by atoms with E-state index >= 15 is 0 Å². The highest BCUT2D eigenvalue weighted by molar-refractivity contribution is 5.79. The van der Waals surface area contributed by atoms with Gasteiger partial charge in [-0.25, -0.2) is 9.97 Å². The van der Waals surface area contributed by atoms with Crippen LogP contribution < -0.4 is 15.0 Å². The molecule has 1 atom stereocenters. The van der Waals surface area contributed by atoms with Crippen molar-refractivity contribution in [3.05, 3.63) is 72.6 Å². The summed E-state index contributed by atoms with van der Waals surface area (Å²) in [4.78, 5) is 23.5. The van der Waals surface area contributed by atoms with E-state index in [1.807, 2.05) is 36.4 Å². The van der Waals surface area contributed by atoms with Gasteiger partial charge in [-0.3, -0.25) is 4.79 Å². The smallest absolute Gasteiger partial charge is 0.416 e. The van der Waals surface area contributed by atoms with E-state index in [4.69, 9.17) is 4.74 Å². The van der Waals surface area contributed by atoms with E-state index in [-0.39, 0.29) is 30.7 Å². The van der Waals surface area contributed by atoms with Crippen LogP contribution in [-0.4, -0.2) is 42.1 Å².